The monoisotopic (exact) mass is 404 g/mol. The number of aryl methyl sites for hydroxylation is 1. The number of anilines is 2. The molecule has 0 amide bonds. The third-order valence-electron chi connectivity index (χ3n) is 4.52. The van der Waals surface area contributed by atoms with Crippen LogP contribution in [0.15, 0.2) is 65.2 Å². The molecule has 4 rings (SSSR count). The Morgan fingerprint density at radius 1 is 0.931 bits per heavy atom. The fourth-order valence-corrected chi connectivity index (χ4v) is 3.05. The van der Waals surface area contributed by atoms with Gasteiger partial charge in [-0.3, -0.25) is 0 Å². The summed E-state index contributed by atoms with van der Waals surface area (Å²) in [7, 11) is 0. The zero-order valence-electron chi connectivity index (χ0n) is 16.5. The van der Waals surface area contributed by atoms with E-state index in [-0.39, 0.29) is 5.92 Å². The molecular weight excluding hydrogens is 384 g/mol. The maximum Gasteiger partial charge on any atom is 0.228 e. The van der Waals surface area contributed by atoms with Crippen molar-refractivity contribution in [1.82, 2.24) is 15.0 Å². The zero-order valence-corrected chi connectivity index (χ0v) is 17.2. The molecule has 1 N–H and O–H groups in total. The van der Waals surface area contributed by atoms with Crippen LogP contribution in [0, 0.1) is 6.92 Å². The molecule has 0 saturated heterocycles. The Morgan fingerprint density at radius 3 is 2.24 bits per heavy atom. The summed E-state index contributed by atoms with van der Waals surface area (Å²) in [6, 6.07) is 17.6. The van der Waals surface area contributed by atoms with E-state index in [0.29, 0.717) is 16.9 Å². The molecule has 0 fully saturated rings. The predicted molar refractivity (Wildman–Crippen MR) is 117 cm³/mol. The normalized spacial score (nSPS) is 11.1. The molecule has 146 valence electrons. The lowest BCUT2D eigenvalue weighted by molar-refractivity contribution is 0.534. The van der Waals surface area contributed by atoms with Crippen LogP contribution in [0.5, 0.6) is 0 Å². The molecule has 29 heavy (non-hydrogen) atoms. The van der Waals surface area contributed by atoms with E-state index in [0.717, 1.165) is 34.0 Å². The van der Waals surface area contributed by atoms with Gasteiger partial charge in [-0.2, -0.15) is 0 Å². The SMILES string of the molecule is Cc1ncc(-c2ccc(Nc3nc(-c4ccc(Cl)cc4)cc(C(C)C)n3)cc2)o1. The zero-order chi connectivity index (χ0) is 20.4. The van der Waals surface area contributed by atoms with Gasteiger partial charge in [0.2, 0.25) is 5.95 Å². The Labute approximate surface area is 174 Å². The highest BCUT2D eigenvalue weighted by Gasteiger charge is 2.10. The van der Waals surface area contributed by atoms with Crippen LogP contribution in [0.3, 0.4) is 0 Å². The second kappa shape index (κ2) is 8.05. The van der Waals surface area contributed by atoms with E-state index < -0.39 is 0 Å². The molecule has 0 aliphatic rings. The van der Waals surface area contributed by atoms with Crippen molar-refractivity contribution >= 4 is 23.2 Å². The average molecular weight is 405 g/mol. The summed E-state index contributed by atoms with van der Waals surface area (Å²) >= 11 is 6.02. The van der Waals surface area contributed by atoms with Gasteiger partial charge in [0.1, 0.15) is 0 Å². The van der Waals surface area contributed by atoms with Crippen molar-refractivity contribution in [2.45, 2.75) is 26.7 Å². The molecule has 5 nitrogen and oxygen atoms in total. The van der Waals surface area contributed by atoms with E-state index >= 15 is 0 Å². The highest BCUT2D eigenvalue weighted by atomic mass is 35.5. The first-order valence-corrected chi connectivity index (χ1v) is 9.80. The van der Waals surface area contributed by atoms with E-state index in [1.165, 1.54) is 0 Å². The number of nitrogens with one attached hydrogen (secondary N) is 1. The lowest BCUT2D eigenvalue weighted by atomic mass is 10.1. The van der Waals surface area contributed by atoms with E-state index in [1.807, 2.05) is 61.5 Å². The first kappa shape index (κ1) is 19.2. The van der Waals surface area contributed by atoms with E-state index in [9.17, 15) is 0 Å². The Bertz CT molecular complexity index is 1120. The lowest BCUT2D eigenvalue weighted by Crippen LogP contribution is -2.03. The van der Waals surface area contributed by atoms with Crippen LogP contribution in [0.4, 0.5) is 11.6 Å². The number of hydrogen-bond donors (Lipinski definition) is 1. The molecule has 6 heteroatoms. The standard InChI is InChI=1S/C23H21ClN4O/c1-14(2)20-12-21(16-4-8-18(24)9-5-16)28-23(27-20)26-19-10-6-17(7-11-19)22-13-25-15(3)29-22/h4-14H,1-3H3,(H,26,27,28). The quantitative estimate of drug-likeness (QED) is 0.404. The Balaban J connectivity index is 1.63. The summed E-state index contributed by atoms with van der Waals surface area (Å²) in [5.41, 5.74) is 4.69. The smallest absolute Gasteiger partial charge is 0.228 e. The van der Waals surface area contributed by atoms with Crippen molar-refractivity contribution < 1.29 is 4.42 Å². The second-order valence-electron chi connectivity index (χ2n) is 7.11. The van der Waals surface area contributed by atoms with Crippen LogP contribution in [0.2, 0.25) is 5.02 Å². The first-order chi connectivity index (χ1) is 14.0. The van der Waals surface area contributed by atoms with Gasteiger partial charge in [0.15, 0.2) is 11.7 Å². The van der Waals surface area contributed by atoms with Gasteiger partial charge in [0.05, 0.1) is 11.9 Å². The average Bonchev–Trinajstić information content (AvgIpc) is 3.15. The minimum Gasteiger partial charge on any atom is -0.441 e. The minimum absolute atomic E-state index is 0.279. The molecule has 0 radical (unpaired) electrons. The third kappa shape index (κ3) is 4.46. The van der Waals surface area contributed by atoms with Crippen LogP contribution in [-0.4, -0.2) is 15.0 Å². The minimum atomic E-state index is 0.279. The Kier molecular flexibility index (Phi) is 5.32. The summed E-state index contributed by atoms with van der Waals surface area (Å²) in [4.78, 5) is 13.5. The number of hydrogen-bond acceptors (Lipinski definition) is 5. The van der Waals surface area contributed by atoms with Crippen molar-refractivity contribution in [2.24, 2.45) is 0 Å². The van der Waals surface area contributed by atoms with Crippen molar-refractivity contribution in [3.8, 4) is 22.6 Å². The summed E-state index contributed by atoms with van der Waals surface area (Å²) in [5, 5.41) is 4.01. The Morgan fingerprint density at radius 2 is 1.62 bits per heavy atom. The molecule has 0 aliphatic carbocycles. The molecule has 4 aromatic rings. The van der Waals surface area contributed by atoms with Gasteiger partial charge in [-0.15, -0.1) is 0 Å². The van der Waals surface area contributed by atoms with Gasteiger partial charge >= 0.3 is 0 Å². The number of halogens is 1. The lowest BCUT2D eigenvalue weighted by Gasteiger charge is -2.12. The topological polar surface area (TPSA) is 63.8 Å². The maximum atomic E-state index is 6.02. The fourth-order valence-electron chi connectivity index (χ4n) is 2.93. The van der Waals surface area contributed by atoms with Gasteiger partial charge in [-0.05, 0) is 48.4 Å². The van der Waals surface area contributed by atoms with Gasteiger partial charge in [0, 0.05) is 34.5 Å². The summed E-state index contributed by atoms with van der Waals surface area (Å²) in [6.07, 6.45) is 1.73. The maximum absolute atomic E-state index is 6.02. The molecule has 0 atom stereocenters. The Hall–Kier alpha value is -3.18. The second-order valence-corrected chi connectivity index (χ2v) is 7.55. The third-order valence-corrected chi connectivity index (χ3v) is 4.78. The van der Waals surface area contributed by atoms with Crippen molar-refractivity contribution in [1.29, 1.82) is 0 Å². The highest BCUT2D eigenvalue weighted by molar-refractivity contribution is 6.30. The largest absolute Gasteiger partial charge is 0.441 e. The number of nitrogens with zero attached hydrogens (tertiary/aromatic N) is 3. The number of oxazole rings is 1. The van der Waals surface area contributed by atoms with Crippen molar-refractivity contribution in [3.63, 3.8) is 0 Å². The molecule has 0 unspecified atom stereocenters. The van der Waals surface area contributed by atoms with E-state index in [2.05, 4.69) is 29.1 Å². The summed E-state index contributed by atoms with van der Waals surface area (Å²) < 4.78 is 5.58. The van der Waals surface area contributed by atoms with Crippen LogP contribution in [0.25, 0.3) is 22.6 Å². The number of rotatable bonds is 5. The van der Waals surface area contributed by atoms with E-state index in [1.54, 1.807) is 6.20 Å². The first-order valence-electron chi connectivity index (χ1n) is 9.43. The molecule has 0 bridgehead atoms. The molecule has 2 aromatic heterocycles. The number of aromatic nitrogens is 3. The van der Waals surface area contributed by atoms with Crippen LogP contribution < -0.4 is 5.32 Å². The molecule has 0 spiro atoms. The number of benzene rings is 2. The molecule has 2 heterocycles. The highest BCUT2D eigenvalue weighted by Crippen LogP contribution is 2.27. The molecule has 2 aromatic carbocycles. The molecular formula is C23H21ClN4O. The van der Waals surface area contributed by atoms with Crippen LogP contribution in [-0.2, 0) is 0 Å². The van der Waals surface area contributed by atoms with Crippen LogP contribution >= 0.6 is 11.6 Å². The molecule has 0 aliphatic heterocycles. The van der Waals surface area contributed by atoms with Crippen molar-refractivity contribution in [3.05, 3.63) is 77.4 Å². The van der Waals surface area contributed by atoms with Gasteiger partial charge in [0.25, 0.3) is 0 Å². The van der Waals surface area contributed by atoms with Crippen molar-refractivity contribution in [2.75, 3.05) is 5.32 Å². The van der Waals surface area contributed by atoms with Gasteiger partial charge in [-0.25, -0.2) is 15.0 Å². The van der Waals surface area contributed by atoms with E-state index in [4.69, 9.17) is 21.0 Å². The predicted octanol–water partition coefficient (Wildman–Crippen LogP) is 6.63. The fraction of sp³-hybridized carbons (Fsp3) is 0.174. The van der Waals surface area contributed by atoms with Crippen LogP contribution in [0.1, 0.15) is 31.4 Å². The van der Waals surface area contributed by atoms with Gasteiger partial charge < -0.3 is 9.73 Å². The van der Waals surface area contributed by atoms with Gasteiger partial charge in [-0.1, -0.05) is 37.6 Å². The summed E-state index contributed by atoms with van der Waals surface area (Å²) in [5.74, 6) is 2.24. The summed E-state index contributed by atoms with van der Waals surface area (Å²) in [6.45, 7) is 6.06. The molecule has 0 saturated carbocycles.